The average molecular weight is 147 g/mol. The van der Waals surface area contributed by atoms with Crippen LogP contribution in [-0.2, 0) is 0 Å². The fourth-order valence-electron chi connectivity index (χ4n) is 0.990. The van der Waals surface area contributed by atoms with Crippen molar-refractivity contribution in [2.24, 2.45) is 0 Å². The predicted molar refractivity (Wildman–Crippen MR) is 38.5 cm³/mol. The number of halogens is 1. The summed E-state index contributed by atoms with van der Waals surface area (Å²) in [5.74, 6) is 0. The lowest BCUT2D eigenvalue weighted by Gasteiger charge is -2.11. The third-order valence-corrected chi connectivity index (χ3v) is 1.62. The average Bonchev–Trinajstić information content (AvgIpc) is 2.17. The van der Waals surface area contributed by atoms with Crippen LogP contribution in [0, 0.1) is 11.3 Å². The van der Waals surface area contributed by atoms with Crippen LogP contribution >= 0.6 is 12.4 Å². The lowest BCUT2D eigenvalue weighted by molar-refractivity contribution is 0.533. The van der Waals surface area contributed by atoms with E-state index >= 15 is 0 Å². The van der Waals surface area contributed by atoms with Crippen molar-refractivity contribution in [2.45, 2.75) is 25.3 Å². The van der Waals surface area contributed by atoms with Gasteiger partial charge >= 0.3 is 0 Å². The summed E-state index contributed by atoms with van der Waals surface area (Å²) in [6.45, 7) is 2.95. The largest absolute Gasteiger partial charge is 0.300 e. The van der Waals surface area contributed by atoms with Gasteiger partial charge in [0.2, 0.25) is 0 Å². The van der Waals surface area contributed by atoms with Gasteiger partial charge in [-0.2, -0.15) is 5.26 Å². The molecule has 1 heterocycles. The summed E-state index contributed by atoms with van der Waals surface area (Å²) >= 11 is 0. The Morgan fingerprint density at radius 3 is 2.56 bits per heavy atom. The van der Waals surface area contributed by atoms with Crippen LogP contribution in [0.3, 0.4) is 0 Å². The van der Waals surface area contributed by atoms with E-state index in [0.717, 1.165) is 19.4 Å². The van der Waals surface area contributed by atoms with Crippen molar-refractivity contribution >= 4 is 12.4 Å². The standard InChI is InChI=1S/C6H10N2.ClH/c1-6(5-7)3-2-4-8-6;/h8H,2-4H2,1H3;1H/t6-;/m1./s1. The molecule has 1 rings (SSSR count). The van der Waals surface area contributed by atoms with Gasteiger partial charge in [-0.15, -0.1) is 12.4 Å². The van der Waals surface area contributed by atoms with Crippen LogP contribution < -0.4 is 5.32 Å². The maximum absolute atomic E-state index is 8.51. The molecule has 0 radical (unpaired) electrons. The van der Waals surface area contributed by atoms with E-state index in [1.54, 1.807) is 0 Å². The lowest BCUT2D eigenvalue weighted by atomic mass is 10.0. The molecule has 1 atom stereocenters. The molecule has 0 aromatic carbocycles. The summed E-state index contributed by atoms with van der Waals surface area (Å²) in [6, 6.07) is 2.23. The van der Waals surface area contributed by atoms with Gasteiger partial charge in [-0.05, 0) is 26.3 Å². The number of hydrogen-bond acceptors (Lipinski definition) is 2. The molecule has 52 valence electrons. The van der Waals surface area contributed by atoms with Crippen LogP contribution in [0.4, 0.5) is 0 Å². The Morgan fingerprint density at radius 2 is 2.33 bits per heavy atom. The Kier molecular flexibility index (Phi) is 2.96. The molecule has 0 bridgehead atoms. The summed E-state index contributed by atoms with van der Waals surface area (Å²) < 4.78 is 0. The molecule has 0 unspecified atom stereocenters. The molecule has 0 saturated carbocycles. The molecule has 1 N–H and O–H groups in total. The zero-order valence-corrected chi connectivity index (χ0v) is 6.29. The van der Waals surface area contributed by atoms with Crippen molar-refractivity contribution in [2.75, 3.05) is 6.54 Å². The van der Waals surface area contributed by atoms with E-state index in [4.69, 9.17) is 5.26 Å². The van der Waals surface area contributed by atoms with Gasteiger partial charge in [0.15, 0.2) is 0 Å². The second kappa shape index (κ2) is 3.05. The van der Waals surface area contributed by atoms with Crippen molar-refractivity contribution in [3.8, 4) is 6.07 Å². The minimum absolute atomic E-state index is 0. The molecule has 3 heteroatoms. The van der Waals surface area contributed by atoms with E-state index in [9.17, 15) is 0 Å². The summed E-state index contributed by atoms with van der Waals surface area (Å²) in [4.78, 5) is 0. The van der Waals surface area contributed by atoms with Gasteiger partial charge in [0, 0.05) is 0 Å². The van der Waals surface area contributed by atoms with Crippen LogP contribution in [0.15, 0.2) is 0 Å². The van der Waals surface area contributed by atoms with Gasteiger partial charge in [0.25, 0.3) is 0 Å². The SMILES string of the molecule is C[C@]1(C#N)CCCN1.Cl. The summed E-state index contributed by atoms with van der Waals surface area (Å²) in [6.07, 6.45) is 2.15. The van der Waals surface area contributed by atoms with E-state index in [-0.39, 0.29) is 17.9 Å². The Morgan fingerprint density at radius 1 is 1.67 bits per heavy atom. The second-order valence-corrected chi connectivity index (χ2v) is 2.47. The Hall–Kier alpha value is -0.260. The molecular formula is C6H11ClN2. The van der Waals surface area contributed by atoms with Crippen molar-refractivity contribution in [1.82, 2.24) is 5.32 Å². The predicted octanol–water partition coefficient (Wildman–Crippen LogP) is 1.07. The van der Waals surface area contributed by atoms with Crippen molar-refractivity contribution in [1.29, 1.82) is 5.26 Å². The zero-order valence-electron chi connectivity index (χ0n) is 5.48. The molecule has 1 fully saturated rings. The molecular weight excluding hydrogens is 136 g/mol. The highest BCUT2D eigenvalue weighted by atomic mass is 35.5. The van der Waals surface area contributed by atoms with Gasteiger partial charge in [-0.3, -0.25) is 5.32 Å². The third-order valence-electron chi connectivity index (χ3n) is 1.62. The molecule has 1 aliphatic heterocycles. The Balaban J connectivity index is 0.000000640. The van der Waals surface area contributed by atoms with Crippen molar-refractivity contribution < 1.29 is 0 Å². The highest BCUT2D eigenvalue weighted by molar-refractivity contribution is 5.85. The first-order chi connectivity index (χ1) is 3.77. The van der Waals surface area contributed by atoms with Crippen LogP contribution in [0.1, 0.15) is 19.8 Å². The maximum Gasteiger partial charge on any atom is 0.103 e. The van der Waals surface area contributed by atoms with Crippen LogP contribution in [0.5, 0.6) is 0 Å². The molecule has 9 heavy (non-hydrogen) atoms. The smallest absolute Gasteiger partial charge is 0.103 e. The molecule has 0 spiro atoms. The molecule has 1 saturated heterocycles. The second-order valence-electron chi connectivity index (χ2n) is 2.47. The van der Waals surface area contributed by atoms with Crippen LogP contribution in [0.2, 0.25) is 0 Å². The van der Waals surface area contributed by atoms with Crippen molar-refractivity contribution in [3.63, 3.8) is 0 Å². The fraction of sp³-hybridized carbons (Fsp3) is 0.833. The number of hydrogen-bond donors (Lipinski definition) is 1. The van der Waals surface area contributed by atoms with Gasteiger partial charge in [-0.1, -0.05) is 0 Å². The monoisotopic (exact) mass is 146 g/mol. The molecule has 0 aromatic rings. The van der Waals surface area contributed by atoms with Gasteiger partial charge in [0.1, 0.15) is 5.54 Å². The first-order valence-corrected chi connectivity index (χ1v) is 2.93. The number of rotatable bonds is 0. The van der Waals surface area contributed by atoms with E-state index < -0.39 is 0 Å². The maximum atomic E-state index is 8.51. The summed E-state index contributed by atoms with van der Waals surface area (Å²) in [7, 11) is 0. The topological polar surface area (TPSA) is 35.8 Å². The fourth-order valence-corrected chi connectivity index (χ4v) is 0.990. The molecule has 0 aliphatic carbocycles. The highest BCUT2D eigenvalue weighted by Gasteiger charge is 2.26. The van der Waals surface area contributed by atoms with E-state index in [1.807, 2.05) is 6.92 Å². The number of nitrogens with zero attached hydrogens (tertiary/aromatic N) is 1. The van der Waals surface area contributed by atoms with Gasteiger partial charge < -0.3 is 0 Å². The zero-order chi connectivity index (χ0) is 6.04. The minimum atomic E-state index is -0.208. The van der Waals surface area contributed by atoms with Gasteiger partial charge in [-0.25, -0.2) is 0 Å². The summed E-state index contributed by atoms with van der Waals surface area (Å²) in [5, 5.41) is 11.6. The first-order valence-electron chi connectivity index (χ1n) is 2.93. The van der Waals surface area contributed by atoms with Gasteiger partial charge in [0.05, 0.1) is 6.07 Å². The Labute approximate surface area is 61.7 Å². The van der Waals surface area contributed by atoms with E-state index in [1.165, 1.54) is 0 Å². The van der Waals surface area contributed by atoms with Crippen LogP contribution in [-0.4, -0.2) is 12.1 Å². The quantitative estimate of drug-likeness (QED) is 0.555. The summed E-state index contributed by atoms with van der Waals surface area (Å²) in [5.41, 5.74) is -0.208. The highest BCUT2D eigenvalue weighted by Crippen LogP contribution is 2.15. The number of nitrogens with one attached hydrogen (secondary N) is 1. The van der Waals surface area contributed by atoms with Crippen LogP contribution in [0.25, 0.3) is 0 Å². The number of nitriles is 1. The molecule has 0 aromatic heterocycles. The lowest BCUT2D eigenvalue weighted by Crippen LogP contribution is -2.33. The minimum Gasteiger partial charge on any atom is -0.300 e. The Bertz CT molecular complexity index is 122. The molecule has 2 nitrogen and oxygen atoms in total. The normalized spacial score (nSPS) is 32.9. The molecule has 1 aliphatic rings. The molecule has 0 amide bonds. The third kappa shape index (κ3) is 1.85. The van der Waals surface area contributed by atoms with E-state index in [0.29, 0.717) is 0 Å². The van der Waals surface area contributed by atoms with Crippen molar-refractivity contribution in [3.05, 3.63) is 0 Å². The van der Waals surface area contributed by atoms with E-state index in [2.05, 4.69) is 11.4 Å². The first kappa shape index (κ1) is 8.74.